The first kappa shape index (κ1) is 20.5. The van der Waals surface area contributed by atoms with Gasteiger partial charge in [0.1, 0.15) is 12.4 Å². The third kappa shape index (κ3) is 5.19. The number of aromatic carboxylic acids is 1. The molecule has 0 saturated carbocycles. The molecule has 3 rings (SSSR count). The van der Waals surface area contributed by atoms with Crippen LogP contribution in [0.3, 0.4) is 0 Å². The van der Waals surface area contributed by atoms with Gasteiger partial charge in [0.05, 0.1) is 5.56 Å². The van der Waals surface area contributed by atoms with Gasteiger partial charge in [-0.3, -0.25) is 0 Å². The standard InChI is InChI=1S/C21H16BrCl2NO3/c22-15-6-9-20(28-12-17-18(23)2-1-3-19(17)24)14(10-15)11-25-16-7-4-13(5-8-16)21(26)27/h1-10,25H,11-12H2,(H,26,27). The molecule has 0 bridgehead atoms. The lowest BCUT2D eigenvalue weighted by molar-refractivity contribution is 0.0697. The molecule has 28 heavy (non-hydrogen) atoms. The number of benzene rings is 3. The van der Waals surface area contributed by atoms with Crippen molar-refractivity contribution < 1.29 is 14.6 Å². The maximum absolute atomic E-state index is 10.9. The molecule has 0 radical (unpaired) electrons. The third-order valence-corrected chi connectivity index (χ3v) is 5.27. The quantitative estimate of drug-likeness (QED) is 0.397. The summed E-state index contributed by atoms with van der Waals surface area (Å²) in [7, 11) is 0. The van der Waals surface area contributed by atoms with Gasteiger partial charge in [0, 0.05) is 37.9 Å². The molecule has 144 valence electrons. The summed E-state index contributed by atoms with van der Waals surface area (Å²) < 4.78 is 6.90. The van der Waals surface area contributed by atoms with Crippen molar-refractivity contribution in [1.82, 2.24) is 0 Å². The van der Waals surface area contributed by atoms with E-state index in [1.165, 1.54) is 0 Å². The molecule has 0 aliphatic carbocycles. The summed E-state index contributed by atoms with van der Waals surface area (Å²) in [5.74, 6) is -0.249. The highest BCUT2D eigenvalue weighted by Crippen LogP contribution is 2.29. The van der Waals surface area contributed by atoms with Crippen LogP contribution in [-0.4, -0.2) is 11.1 Å². The Morgan fingerprint density at radius 3 is 2.36 bits per heavy atom. The van der Waals surface area contributed by atoms with E-state index in [4.69, 9.17) is 33.0 Å². The number of carbonyl (C=O) groups is 1. The smallest absolute Gasteiger partial charge is 0.335 e. The second-order valence-electron chi connectivity index (χ2n) is 5.98. The van der Waals surface area contributed by atoms with Crippen LogP contribution in [0.15, 0.2) is 65.1 Å². The lowest BCUT2D eigenvalue weighted by atomic mass is 10.1. The van der Waals surface area contributed by atoms with Gasteiger partial charge in [-0.15, -0.1) is 0 Å². The molecule has 0 fully saturated rings. The van der Waals surface area contributed by atoms with Gasteiger partial charge in [0.15, 0.2) is 0 Å². The monoisotopic (exact) mass is 479 g/mol. The molecule has 0 aromatic heterocycles. The molecular formula is C21H16BrCl2NO3. The van der Waals surface area contributed by atoms with Crippen LogP contribution >= 0.6 is 39.1 Å². The fourth-order valence-electron chi connectivity index (χ4n) is 2.58. The zero-order chi connectivity index (χ0) is 20.1. The minimum Gasteiger partial charge on any atom is -0.488 e. The summed E-state index contributed by atoms with van der Waals surface area (Å²) in [4.78, 5) is 10.9. The Bertz CT molecular complexity index is 973. The van der Waals surface area contributed by atoms with Gasteiger partial charge in [-0.25, -0.2) is 4.79 Å². The van der Waals surface area contributed by atoms with E-state index in [2.05, 4.69) is 21.2 Å². The van der Waals surface area contributed by atoms with Crippen molar-refractivity contribution >= 4 is 50.8 Å². The molecule has 0 unspecified atom stereocenters. The van der Waals surface area contributed by atoms with Crippen LogP contribution in [-0.2, 0) is 13.2 Å². The first-order valence-electron chi connectivity index (χ1n) is 8.35. The molecule has 0 heterocycles. The number of rotatable bonds is 7. The van der Waals surface area contributed by atoms with Gasteiger partial charge in [-0.05, 0) is 54.6 Å². The maximum atomic E-state index is 10.9. The Kier molecular flexibility index (Phi) is 6.83. The van der Waals surface area contributed by atoms with Crippen LogP contribution in [0.4, 0.5) is 5.69 Å². The SMILES string of the molecule is O=C(O)c1ccc(NCc2cc(Br)ccc2OCc2c(Cl)cccc2Cl)cc1. The van der Waals surface area contributed by atoms with E-state index >= 15 is 0 Å². The van der Waals surface area contributed by atoms with Crippen molar-refractivity contribution in [1.29, 1.82) is 0 Å². The fourth-order valence-corrected chi connectivity index (χ4v) is 3.49. The lowest BCUT2D eigenvalue weighted by Gasteiger charge is -2.15. The summed E-state index contributed by atoms with van der Waals surface area (Å²) in [6.07, 6.45) is 0. The van der Waals surface area contributed by atoms with Crippen LogP contribution in [0.2, 0.25) is 10.0 Å². The van der Waals surface area contributed by atoms with E-state index in [9.17, 15) is 4.79 Å². The maximum Gasteiger partial charge on any atom is 0.335 e. The van der Waals surface area contributed by atoms with Crippen molar-refractivity contribution in [2.75, 3.05) is 5.32 Å². The summed E-state index contributed by atoms with van der Waals surface area (Å²) in [6, 6.07) is 17.6. The van der Waals surface area contributed by atoms with Crippen LogP contribution in [0.5, 0.6) is 5.75 Å². The summed E-state index contributed by atoms with van der Waals surface area (Å²) in [5, 5.41) is 13.4. The van der Waals surface area contributed by atoms with Crippen molar-refractivity contribution in [3.8, 4) is 5.75 Å². The van der Waals surface area contributed by atoms with Gasteiger partial charge in [0.2, 0.25) is 0 Å². The lowest BCUT2D eigenvalue weighted by Crippen LogP contribution is -2.05. The molecule has 3 aromatic carbocycles. The van der Waals surface area contributed by atoms with Gasteiger partial charge in [-0.1, -0.05) is 45.2 Å². The normalized spacial score (nSPS) is 10.5. The van der Waals surface area contributed by atoms with Crippen LogP contribution in [0.25, 0.3) is 0 Å². The Hall–Kier alpha value is -2.21. The van der Waals surface area contributed by atoms with E-state index < -0.39 is 5.97 Å². The summed E-state index contributed by atoms with van der Waals surface area (Å²) in [6.45, 7) is 0.748. The molecule has 7 heteroatoms. The predicted octanol–water partition coefficient (Wildman–Crippen LogP) is 6.65. The summed E-state index contributed by atoms with van der Waals surface area (Å²) >= 11 is 15.9. The number of halogens is 3. The van der Waals surface area contributed by atoms with Crippen molar-refractivity contribution in [3.63, 3.8) is 0 Å². The van der Waals surface area contributed by atoms with Crippen LogP contribution < -0.4 is 10.1 Å². The Morgan fingerprint density at radius 1 is 1.04 bits per heavy atom. The van der Waals surface area contributed by atoms with Gasteiger partial charge >= 0.3 is 5.97 Å². The summed E-state index contributed by atoms with van der Waals surface area (Å²) in [5.41, 5.74) is 2.72. The molecular weight excluding hydrogens is 465 g/mol. The average molecular weight is 481 g/mol. The number of carboxylic acid groups (broad SMARTS) is 1. The second-order valence-corrected chi connectivity index (χ2v) is 7.71. The first-order valence-corrected chi connectivity index (χ1v) is 9.90. The first-order chi connectivity index (χ1) is 13.4. The molecule has 0 aliphatic heterocycles. The number of ether oxygens (including phenoxy) is 1. The minimum atomic E-state index is -0.951. The van der Waals surface area contributed by atoms with Crippen molar-refractivity contribution in [2.24, 2.45) is 0 Å². The molecule has 0 amide bonds. The zero-order valence-corrected chi connectivity index (χ0v) is 17.7. The Labute approximate surface area is 181 Å². The number of nitrogens with one attached hydrogen (secondary N) is 1. The number of hydrogen-bond acceptors (Lipinski definition) is 3. The number of anilines is 1. The average Bonchev–Trinajstić information content (AvgIpc) is 2.67. The number of carboxylic acids is 1. The van der Waals surface area contributed by atoms with E-state index in [1.807, 2.05) is 18.2 Å². The molecule has 4 nitrogen and oxygen atoms in total. The van der Waals surface area contributed by atoms with Crippen LogP contribution in [0.1, 0.15) is 21.5 Å². The predicted molar refractivity (Wildman–Crippen MR) is 116 cm³/mol. The van der Waals surface area contributed by atoms with E-state index in [0.717, 1.165) is 21.3 Å². The molecule has 0 aliphatic rings. The zero-order valence-electron chi connectivity index (χ0n) is 14.6. The molecule has 3 aromatic rings. The number of hydrogen-bond donors (Lipinski definition) is 2. The van der Waals surface area contributed by atoms with Gasteiger partial charge < -0.3 is 15.2 Å². The van der Waals surface area contributed by atoms with E-state index in [0.29, 0.717) is 22.3 Å². The minimum absolute atomic E-state index is 0.244. The highest BCUT2D eigenvalue weighted by Gasteiger charge is 2.10. The van der Waals surface area contributed by atoms with Crippen molar-refractivity contribution in [3.05, 3.63) is 91.9 Å². The van der Waals surface area contributed by atoms with E-state index in [1.54, 1.807) is 42.5 Å². The highest BCUT2D eigenvalue weighted by atomic mass is 79.9. The Balaban J connectivity index is 1.72. The van der Waals surface area contributed by atoms with Crippen LogP contribution in [0, 0.1) is 0 Å². The second kappa shape index (κ2) is 9.32. The topological polar surface area (TPSA) is 58.6 Å². The third-order valence-electron chi connectivity index (χ3n) is 4.07. The molecule has 0 atom stereocenters. The molecule has 0 spiro atoms. The highest BCUT2D eigenvalue weighted by molar-refractivity contribution is 9.10. The van der Waals surface area contributed by atoms with Crippen molar-refractivity contribution in [2.45, 2.75) is 13.2 Å². The molecule has 0 saturated heterocycles. The Morgan fingerprint density at radius 2 is 1.71 bits per heavy atom. The van der Waals surface area contributed by atoms with E-state index in [-0.39, 0.29) is 12.2 Å². The largest absolute Gasteiger partial charge is 0.488 e. The van der Waals surface area contributed by atoms with Gasteiger partial charge in [0.25, 0.3) is 0 Å². The fraction of sp³-hybridized carbons (Fsp3) is 0.0952. The van der Waals surface area contributed by atoms with Gasteiger partial charge in [-0.2, -0.15) is 0 Å². The molecule has 2 N–H and O–H groups in total.